The molecule has 0 radical (unpaired) electrons. The summed E-state index contributed by atoms with van der Waals surface area (Å²) in [5.41, 5.74) is -0.235. The van der Waals surface area contributed by atoms with Crippen LogP contribution in [0.4, 0.5) is 5.69 Å². The van der Waals surface area contributed by atoms with Crippen LogP contribution < -0.4 is 9.47 Å². The minimum absolute atomic E-state index is 0.233. The van der Waals surface area contributed by atoms with Crippen LogP contribution in [0.5, 0.6) is 23.3 Å². The number of carbonyl (C=O) groups is 1. The minimum Gasteiger partial charge on any atom is -0.465 e. The summed E-state index contributed by atoms with van der Waals surface area (Å²) in [6.07, 6.45) is 4.00. The Morgan fingerprint density at radius 2 is 1.70 bits per heavy atom. The van der Waals surface area contributed by atoms with E-state index in [0.717, 1.165) is 6.33 Å². The van der Waals surface area contributed by atoms with E-state index in [1.165, 1.54) is 43.8 Å². The number of nitrogens with zero attached hydrogens (tertiary/aromatic N) is 4. The van der Waals surface area contributed by atoms with Gasteiger partial charge in [-0.3, -0.25) is 15.1 Å². The molecule has 0 saturated carbocycles. The maximum atomic E-state index is 11.5. The van der Waals surface area contributed by atoms with Crippen molar-refractivity contribution in [2.45, 2.75) is 0 Å². The molecule has 0 amide bonds. The fraction of sp³-hybridized carbons (Fsp3) is 0.0588. The molecule has 10 nitrogen and oxygen atoms in total. The molecular formula is C17H12N4O6. The van der Waals surface area contributed by atoms with Gasteiger partial charge < -0.3 is 14.2 Å². The van der Waals surface area contributed by atoms with Crippen molar-refractivity contribution in [1.29, 1.82) is 0 Å². The third kappa shape index (κ3) is 4.12. The van der Waals surface area contributed by atoms with Gasteiger partial charge in [-0.25, -0.2) is 4.79 Å². The highest BCUT2D eigenvalue weighted by Crippen LogP contribution is 2.37. The molecule has 0 aliphatic rings. The van der Waals surface area contributed by atoms with E-state index in [4.69, 9.17) is 9.47 Å². The molecule has 0 fully saturated rings. The van der Waals surface area contributed by atoms with Crippen LogP contribution in [-0.2, 0) is 4.74 Å². The Labute approximate surface area is 152 Å². The Kier molecular flexibility index (Phi) is 5.17. The number of benzene rings is 1. The first-order valence-electron chi connectivity index (χ1n) is 7.52. The number of hydrogen-bond donors (Lipinski definition) is 0. The predicted octanol–water partition coefficient (Wildman–Crippen LogP) is 3.15. The zero-order valence-electron chi connectivity index (χ0n) is 13.9. The average molecular weight is 368 g/mol. The highest BCUT2D eigenvalue weighted by molar-refractivity contribution is 5.89. The number of pyridine rings is 1. The number of methoxy groups -OCH3 is 1. The number of hydrogen-bond acceptors (Lipinski definition) is 9. The van der Waals surface area contributed by atoms with Gasteiger partial charge in [-0.15, -0.1) is 0 Å². The lowest BCUT2D eigenvalue weighted by molar-refractivity contribution is -0.387. The lowest BCUT2D eigenvalue weighted by Gasteiger charge is -2.08. The van der Waals surface area contributed by atoms with E-state index in [1.54, 1.807) is 12.1 Å². The maximum Gasteiger partial charge on any atom is 0.393 e. The molecule has 0 N–H and O–H groups in total. The lowest BCUT2D eigenvalue weighted by atomic mass is 10.2. The smallest absolute Gasteiger partial charge is 0.393 e. The van der Waals surface area contributed by atoms with Gasteiger partial charge in [0.2, 0.25) is 0 Å². The van der Waals surface area contributed by atoms with Crippen LogP contribution in [0, 0.1) is 10.1 Å². The molecule has 136 valence electrons. The van der Waals surface area contributed by atoms with E-state index >= 15 is 0 Å². The van der Waals surface area contributed by atoms with Crippen molar-refractivity contribution in [3.63, 3.8) is 0 Å². The summed E-state index contributed by atoms with van der Waals surface area (Å²) >= 11 is 0. The van der Waals surface area contributed by atoms with Gasteiger partial charge >= 0.3 is 23.4 Å². The van der Waals surface area contributed by atoms with Crippen LogP contribution >= 0.6 is 0 Å². The first kappa shape index (κ1) is 17.7. The third-order valence-corrected chi connectivity index (χ3v) is 3.28. The second-order valence-corrected chi connectivity index (χ2v) is 5.00. The molecular weight excluding hydrogens is 356 g/mol. The van der Waals surface area contributed by atoms with Crippen LogP contribution in [0.15, 0.2) is 55.1 Å². The Balaban J connectivity index is 1.90. The number of nitro groups is 1. The number of carbonyl (C=O) groups excluding carboxylic acids is 1. The van der Waals surface area contributed by atoms with Crippen molar-refractivity contribution in [2.24, 2.45) is 0 Å². The van der Waals surface area contributed by atoms with E-state index in [-0.39, 0.29) is 23.3 Å². The molecule has 0 aliphatic heterocycles. The van der Waals surface area contributed by atoms with E-state index in [0.29, 0.717) is 5.56 Å². The molecule has 3 rings (SSSR count). The van der Waals surface area contributed by atoms with Gasteiger partial charge in [0, 0.05) is 6.20 Å². The predicted molar refractivity (Wildman–Crippen MR) is 90.9 cm³/mol. The highest BCUT2D eigenvalue weighted by atomic mass is 16.6. The maximum absolute atomic E-state index is 11.5. The van der Waals surface area contributed by atoms with Gasteiger partial charge in [0.05, 0.1) is 23.8 Å². The monoisotopic (exact) mass is 368 g/mol. The molecule has 0 unspecified atom stereocenters. The van der Waals surface area contributed by atoms with Gasteiger partial charge in [-0.1, -0.05) is 0 Å². The highest BCUT2D eigenvalue weighted by Gasteiger charge is 2.27. The minimum atomic E-state index is -0.705. The van der Waals surface area contributed by atoms with Gasteiger partial charge in [-0.05, 0) is 36.4 Å². The van der Waals surface area contributed by atoms with Crippen molar-refractivity contribution in [3.8, 4) is 23.3 Å². The summed E-state index contributed by atoms with van der Waals surface area (Å²) in [7, 11) is 1.26. The molecule has 0 saturated heterocycles. The quantitative estimate of drug-likeness (QED) is 0.366. The van der Waals surface area contributed by atoms with Crippen molar-refractivity contribution >= 4 is 11.7 Å². The third-order valence-electron chi connectivity index (χ3n) is 3.28. The van der Waals surface area contributed by atoms with Crippen molar-refractivity contribution in [3.05, 3.63) is 70.8 Å². The molecule has 0 spiro atoms. The fourth-order valence-corrected chi connectivity index (χ4v) is 2.06. The molecule has 0 bridgehead atoms. The molecule has 2 heterocycles. The largest absolute Gasteiger partial charge is 0.465 e. The van der Waals surface area contributed by atoms with Gasteiger partial charge in [0.15, 0.2) is 0 Å². The Bertz CT molecular complexity index is 963. The van der Waals surface area contributed by atoms with Crippen molar-refractivity contribution in [2.75, 3.05) is 7.11 Å². The molecule has 2 aromatic heterocycles. The number of ether oxygens (including phenoxy) is 3. The average Bonchev–Trinajstić information content (AvgIpc) is 2.68. The summed E-state index contributed by atoms with van der Waals surface area (Å²) in [6.45, 7) is 0. The molecule has 1 aromatic carbocycles. The number of aromatic nitrogens is 3. The lowest BCUT2D eigenvalue weighted by Crippen LogP contribution is -2.02. The van der Waals surface area contributed by atoms with Crippen molar-refractivity contribution in [1.82, 2.24) is 15.0 Å². The SMILES string of the molecule is COC(=O)c1ccc(Oc2ncnc(Oc3cccnc3)c2[N+](=O)[O-])cc1. The summed E-state index contributed by atoms with van der Waals surface area (Å²) in [6, 6.07) is 9.02. The van der Waals surface area contributed by atoms with Gasteiger partial charge in [-0.2, -0.15) is 9.97 Å². The van der Waals surface area contributed by atoms with E-state index in [2.05, 4.69) is 19.7 Å². The van der Waals surface area contributed by atoms with Crippen LogP contribution in [0.1, 0.15) is 10.4 Å². The molecule has 3 aromatic rings. The summed E-state index contributed by atoms with van der Waals surface area (Å²) < 4.78 is 15.5. The fourth-order valence-electron chi connectivity index (χ4n) is 2.06. The molecule has 10 heteroatoms. The van der Waals surface area contributed by atoms with Gasteiger partial charge in [0.1, 0.15) is 17.8 Å². The summed E-state index contributed by atoms with van der Waals surface area (Å²) in [5, 5.41) is 11.5. The standard InChI is InChI=1S/C17H12N4O6/c1-25-17(22)11-4-6-12(7-5-11)26-15-14(21(23)24)16(20-10-19-15)27-13-3-2-8-18-9-13/h2-10H,1H3. The van der Waals surface area contributed by atoms with Crippen LogP contribution in [0.25, 0.3) is 0 Å². The summed E-state index contributed by atoms with van der Waals surface area (Å²) in [4.78, 5) is 33.7. The number of esters is 1. The molecule has 0 atom stereocenters. The summed E-state index contributed by atoms with van der Waals surface area (Å²) in [5.74, 6) is -0.602. The zero-order valence-corrected chi connectivity index (χ0v) is 13.9. The molecule has 27 heavy (non-hydrogen) atoms. The Morgan fingerprint density at radius 3 is 2.26 bits per heavy atom. The zero-order chi connectivity index (χ0) is 19.2. The van der Waals surface area contributed by atoms with Crippen molar-refractivity contribution < 1.29 is 23.9 Å². The first-order chi connectivity index (χ1) is 13.1. The Morgan fingerprint density at radius 1 is 1.04 bits per heavy atom. The van der Waals surface area contributed by atoms with Crippen LogP contribution in [0.2, 0.25) is 0 Å². The van der Waals surface area contributed by atoms with Crippen LogP contribution in [0.3, 0.4) is 0 Å². The van der Waals surface area contributed by atoms with E-state index in [9.17, 15) is 14.9 Å². The van der Waals surface area contributed by atoms with Gasteiger partial charge in [0.25, 0.3) is 0 Å². The van der Waals surface area contributed by atoms with E-state index in [1.807, 2.05) is 0 Å². The normalized spacial score (nSPS) is 10.1. The number of rotatable bonds is 6. The second kappa shape index (κ2) is 7.87. The van der Waals surface area contributed by atoms with E-state index < -0.39 is 16.6 Å². The van der Waals surface area contributed by atoms with Crippen LogP contribution in [-0.4, -0.2) is 33.0 Å². The second-order valence-electron chi connectivity index (χ2n) is 5.00. The molecule has 0 aliphatic carbocycles. The topological polar surface area (TPSA) is 127 Å². The first-order valence-corrected chi connectivity index (χ1v) is 7.52. The Hall–Kier alpha value is -4.08.